The van der Waals surface area contributed by atoms with Crippen LogP contribution in [-0.4, -0.2) is 28.1 Å². The van der Waals surface area contributed by atoms with Gasteiger partial charge < -0.3 is 10.6 Å². The van der Waals surface area contributed by atoms with E-state index in [-0.39, 0.29) is 6.04 Å². The van der Waals surface area contributed by atoms with Crippen LogP contribution in [0.25, 0.3) is 0 Å². The van der Waals surface area contributed by atoms with Gasteiger partial charge in [0.25, 0.3) is 0 Å². The third-order valence-electron chi connectivity index (χ3n) is 3.58. The van der Waals surface area contributed by atoms with Crippen LogP contribution in [-0.2, 0) is 6.18 Å². The van der Waals surface area contributed by atoms with E-state index in [1.807, 2.05) is 0 Å². The van der Waals surface area contributed by atoms with Crippen molar-refractivity contribution in [2.75, 3.05) is 5.32 Å². The molecule has 2 bridgehead atoms. The van der Waals surface area contributed by atoms with Crippen LogP contribution in [0.2, 0.25) is 0 Å². The molecular formula is C11H13F3N4. The molecule has 0 saturated carbocycles. The van der Waals surface area contributed by atoms with E-state index in [0.717, 1.165) is 25.2 Å². The van der Waals surface area contributed by atoms with Crippen molar-refractivity contribution in [3.05, 3.63) is 18.1 Å². The number of hydrogen-bond acceptors (Lipinski definition) is 4. The molecule has 0 amide bonds. The largest absolute Gasteiger partial charge is 0.434 e. The van der Waals surface area contributed by atoms with Crippen molar-refractivity contribution in [1.82, 2.24) is 15.3 Å². The zero-order chi connectivity index (χ0) is 12.8. The first kappa shape index (κ1) is 11.7. The molecule has 0 radical (unpaired) electrons. The quantitative estimate of drug-likeness (QED) is 0.849. The summed E-state index contributed by atoms with van der Waals surface area (Å²) in [4.78, 5) is 7.15. The van der Waals surface area contributed by atoms with Gasteiger partial charge in [-0.15, -0.1) is 0 Å². The van der Waals surface area contributed by atoms with Crippen LogP contribution in [0.3, 0.4) is 0 Å². The number of halogens is 3. The molecule has 1 aromatic heterocycles. The van der Waals surface area contributed by atoms with Gasteiger partial charge in [0.15, 0.2) is 5.69 Å². The van der Waals surface area contributed by atoms with Crippen LogP contribution < -0.4 is 10.6 Å². The first-order valence-electron chi connectivity index (χ1n) is 5.94. The maximum absolute atomic E-state index is 12.3. The number of aromatic nitrogens is 2. The van der Waals surface area contributed by atoms with Crippen LogP contribution in [0.4, 0.5) is 19.0 Å². The SMILES string of the molecule is FC(F)(F)c1cnc(N[C@@H]2C[C@H]3CC[C@@H]2N3)cn1. The minimum Gasteiger partial charge on any atom is -0.364 e. The Hall–Kier alpha value is -1.37. The molecule has 2 aliphatic heterocycles. The smallest absolute Gasteiger partial charge is 0.364 e. The Balaban J connectivity index is 1.67. The summed E-state index contributed by atoms with van der Waals surface area (Å²) in [6.07, 6.45) is 0.766. The predicted molar refractivity (Wildman–Crippen MR) is 59.0 cm³/mol. The zero-order valence-electron chi connectivity index (χ0n) is 9.54. The molecule has 1 aromatic rings. The molecular weight excluding hydrogens is 245 g/mol. The van der Waals surface area contributed by atoms with Gasteiger partial charge in [-0.25, -0.2) is 9.97 Å². The normalized spacial score (nSPS) is 30.7. The van der Waals surface area contributed by atoms with Gasteiger partial charge in [0.05, 0.1) is 12.4 Å². The summed E-state index contributed by atoms with van der Waals surface area (Å²) in [5, 5.41) is 6.59. The average Bonchev–Trinajstić information content (AvgIpc) is 2.90. The second kappa shape index (κ2) is 4.08. The second-order valence-corrected chi connectivity index (χ2v) is 4.82. The molecule has 98 valence electrons. The van der Waals surface area contributed by atoms with Gasteiger partial charge in [0, 0.05) is 18.1 Å². The Morgan fingerprint density at radius 1 is 1.22 bits per heavy atom. The van der Waals surface area contributed by atoms with Crippen molar-refractivity contribution in [2.24, 2.45) is 0 Å². The average molecular weight is 258 g/mol. The van der Waals surface area contributed by atoms with E-state index >= 15 is 0 Å². The highest BCUT2D eigenvalue weighted by atomic mass is 19.4. The van der Waals surface area contributed by atoms with Gasteiger partial charge >= 0.3 is 6.18 Å². The summed E-state index contributed by atoms with van der Waals surface area (Å²) in [6, 6.07) is 1.18. The number of alkyl halides is 3. The lowest BCUT2D eigenvalue weighted by atomic mass is 9.95. The van der Waals surface area contributed by atoms with Crippen LogP contribution >= 0.6 is 0 Å². The fourth-order valence-corrected chi connectivity index (χ4v) is 2.72. The van der Waals surface area contributed by atoms with E-state index in [1.54, 1.807) is 0 Å². The Labute approximate surface area is 102 Å². The number of nitrogens with zero attached hydrogens (tertiary/aromatic N) is 2. The Morgan fingerprint density at radius 2 is 2.06 bits per heavy atom. The molecule has 3 atom stereocenters. The molecule has 3 rings (SSSR count). The third kappa shape index (κ3) is 2.14. The molecule has 2 fully saturated rings. The number of anilines is 1. The number of nitrogens with one attached hydrogen (secondary N) is 2. The van der Waals surface area contributed by atoms with Crippen molar-refractivity contribution < 1.29 is 13.2 Å². The van der Waals surface area contributed by atoms with E-state index in [2.05, 4.69) is 20.6 Å². The van der Waals surface area contributed by atoms with Gasteiger partial charge in [-0.2, -0.15) is 13.2 Å². The molecule has 7 heteroatoms. The van der Waals surface area contributed by atoms with Crippen LogP contribution in [0.15, 0.2) is 12.4 Å². The fourth-order valence-electron chi connectivity index (χ4n) is 2.72. The zero-order valence-corrected chi connectivity index (χ0v) is 9.54. The minimum absolute atomic E-state index is 0.245. The standard InChI is InChI=1S/C11H13F3N4/c12-11(13,14)9-4-16-10(5-15-9)18-8-3-6-1-2-7(8)17-6/h4-8,17H,1-3H2,(H,16,18)/t6-,7+,8-/m1/s1. The van der Waals surface area contributed by atoms with Crippen LogP contribution in [0, 0.1) is 0 Å². The molecule has 0 unspecified atom stereocenters. The summed E-state index contributed by atoms with van der Waals surface area (Å²) in [6.45, 7) is 0. The van der Waals surface area contributed by atoms with E-state index in [0.29, 0.717) is 17.9 Å². The Kier molecular flexibility index (Phi) is 2.65. The van der Waals surface area contributed by atoms with Crippen molar-refractivity contribution in [1.29, 1.82) is 0 Å². The molecule has 18 heavy (non-hydrogen) atoms. The van der Waals surface area contributed by atoms with Crippen LogP contribution in [0.1, 0.15) is 25.0 Å². The van der Waals surface area contributed by atoms with Gasteiger partial charge in [-0.1, -0.05) is 0 Å². The molecule has 4 nitrogen and oxygen atoms in total. The van der Waals surface area contributed by atoms with Crippen molar-refractivity contribution in [3.8, 4) is 0 Å². The number of rotatable bonds is 2. The monoisotopic (exact) mass is 258 g/mol. The summed E-state index contributed by atoms with van der Waals surface area (Å²) in [5.41, 5.74) is -0.959. The molecule has 2 saturated heterocycles. The molecule has 3 heterocycles. The highest BCUT2D eigenvalue weighted by Crippen LogP contribution is 2.30. The molecule has 0 aliphatic carbocycles. The van der Waals surface area contributed by atoms with E-state index in [4.69, 9.17) is 0 Å². The summed E-state index contributed by atoms with van der Waals surface area (Å²) < 4.78 is 36.9. The second-order valence-electron chi connectivity index (χ2n) is 4.82. The van der Waals surface area contributed by atoms with Gasteiger partial charge in [-0.3, -0.25) is 0 Å². The van der Waals surface area contributed by atoms with Gasteiger partial charge in [-0.05, 0) is 19.3 Å². The maximum atomic E-state index is 12.3. The number of hydrogen-bond donors (Lipinski definition) is 2. The van der Waals surface area contributed by atoms with E-state index < -0.39 is 11.9 Å². The van der Waals surface area contributed by atoms with Crippen molar-refractivity contribution in [3.63, 3.8) is 0 Å². The van der Waals surface area contributed by atoms with E-state index in [1.165, 1.54) is 6.42 Å². The minimum atomic E-state index is -4.43. The fraction of sp³-hybridized carbons (Fsp3) is 0.636. The lowest BCUT2D eigenvalue weighted by Crippen LogP contribution is -2.33. The highest BCUT2D eigenvalue weighted by Gasteiger charge is 2.39. The van der Waals surface area contributed by atoms with E-state index in [9.17, 15) is 13.2 Å². The first-order chi connectivity index (χ1) is 8.52. The molecule has 2 N–H and O–H groups in total. The Bertz CT molecular complexity index is 431. The topological polar surface area (TPSA) is 49.8 Å². The summed E-state index contributed by atoms with van der Waals surface area (Å²) >= 11 is 0. The van der Waals surface area contributed by atoms with Gasteiger partial charge in [0.2, 0.25) is 0 Å². The molecule has 0 spiro atoms. The number of fused-ring (bicyclic) bond motifs is 2. The lowest BCUT2D eigenvalue weighted by Gasteiger charge is -2.21. The van der Waals surface area contributed by atoms with Crippen LogP contribution in [0.5, 0.6) is 0 Å². The van der Waals surface area contributed by atoms with Gasteiger partial charge in [0.1, 0.15) is 5.82 Å². The third-order valence-corrected chi connectivity index (χ3v) is 3.58. The molecule has 2 aliphatic rings. The Morgan fingerprint density at radius 3 is 2.56 bits per heavy atom. The highest BCUT2D eigenvalue weighted by molar-refractivity contribution is 5.34. The van der Waals surface area contributed by atoms with Crippen molar-refractivity contribution in [2.45, 2.75) is 43.6 Å². The maximum Gasteiger partial charge on any atom is 0.434 e. The summed E-state index contributed by atoms with van der Waals surface area (Å²) in [5.74, 6) is 0.405. The summed E-state index contributed by atoms with van der Waals surface area (Å²) in [7, 11) is 0. The molecule has 0 aromatic carbocycles. The van der Waals surface area contributed by atoms with Crippen molar-refractivity contribution >= 4 is 5.82 Å². The first-order valence-corrected chi connectivity index (χ1v) is 5.94. The lowest BCUT2D eigenvalue weighted by molar-refractivity contribution is -0.141. The predicted octanol–water partition coefficient (Wildman–Crippen LogP) is 1.80.